The van der Waals surface area contributed by atoms with Crippen LogP contribution in [0.5, 0.6) is 5.75 Å². The van der Waals surface area contributed by atoms with E-state index in [1.807, 2.05) is 85.8 Å². The number of benzene rings is 3. The Hall–Kier alpha value is -3.51. The quantitative estimate of drug-likeness (QED) is 0.345. The number of carbonyl (C=O) groups excluding carboxylic acids is 2. The molecule has 1 N–H and O–H groups in total. The summed E-state index contributed by atoms with van der Waals surface area (Å²) in [5, 5.41) is 3.19. The van der Waals surface area contributed by atoms with Gasteiger partial charge >= 0.3 is 0 Å². The molecule has 0 bridgehead atoms. The highest BCUT2D eigenvalue weighted by molar-refractivity contribution is 8.04. The highest BCUT2D eigenvalue weighted by Crippen LogP contribution is 2.38. The topological polar surface area (TPSA) is 58.6 Å². The molecule has 0 unspecified atom stereocenters. The number of carbonyl (C=O) groups is 2. The monoisotopic (exact) mass is 472 g/mol. The second kappa shape index (κ2) is 11.1. The number of unbranched alkanes of at least 4 members (excludes halogenated alkanes) is 1. The Balaban J connectivity index is 1.64. The average molecular weight is 473 g/mol. The second-order valence-corrected chi connectivity index (χ2v) is 9.00. The number of hydrogen-bond acceptors (Lipinski definition) is 5. The van der Waals surface area contributed by atoms with Crippen molar-refractivity contribution in [2.45, 2.75) is 38.0 Å². The number of amides is 2. The van der Waals surface area contributed by atoms with E-state index in [2.05, 4.69) is 12.2 Å². The minimum Gasteiger partial charge on any atom is -0.494 e. The van der Waals surface area contributed by atoms with Gasteiger partial charge in [-0.25, -0.2) is 4.90 Å². The third-order valence-corrected chi connectivity index (χ3v) is 6.54. The fourth-order valence-corrected chi connectivity index (χ4v) is 4.64. The molecule has 174 valence electrons. The van der Waals surface area contributed by atoms with E-state index in [0.717, 1.165) is 29.9 Å². The van der Waals surface area contributed by atoms with Crippen molar-refractivity contribution in [3.63, 3.8) is 0 Å². The zero-order chi connectivity index (χ0) is 23.9. The van der Waals surface area contributed by atoms with Crippen molar-refractivity contribution in [3.05, 3.63) is 95.0 Å². The largest absolute Gasteiger partial charge is 0.494 e. The Morgan fingerprint density at radius 1 is 0.853 bits per heavy atom. The third-order valence-electron chi connectivity index (χ3n) is 5.45. The molecular formula is C28H28N2O3S. The summed E-state index contributed by atoms with van der Waals surface area (Å²) in [6, 6.07) is 24.6. The molecule has 1 aliphatic heterocycles. The zero-order valence-electron chi connectivity index (χ0n) is 19.4. The third kappa shape index (κ3) is 5.34. The van der Waals surface area contributed by atoms with Crippen molar-refractivity contribution >= 4 is 35.0 Å². The van der Waals surface area contributed by atoms with Gasteiger partial charge in [-0.2, -0.15) is 0 Å². The molecule has 0 aliphatic carbocycles. The Morgan fingerprint density at radius 2 is 1.56 bits per heavy atom. The van der Waals surface area contributed by atoms with E-state index in [4.69, 9.17) is 4.74 Å². The molecule has 5 nitrogen and oxygen atoms in total. The van der Waals surface area contributed by atoms with Crippen LogP contribution < -0.4 is 15.0 Å². The van der Waals surface area contributed by atoms with Gasteiger partial charge in [0.15, 0.2) is 0 Å². The lowest BCUT2D eigenvalue weighted by molar-refractivity contribution is -0.120. The highest BCUT2D eigenvalue weighted by atomic mass is 32.2. The van der Waals surface area contributed by atoms with Crippen LogP contribution in [0.1, 0.15) is 32.3 Å². The molecule has 4 rings (SSSR count). The van der Waals surface area contributed by atoms with Gasteiger partial charge in [-0.3, -0.25) is 9.59 Å². The predicted molar refractivity (Wildman–Crippen MR) is 138 cm³/mol. The smallest absolute Gasteiger partial charge is 0.283 e. The summed E-state index contributed by atoms with van der Waals surface area (Å²) in [4.78, 5) is 29.5. The molecule has 0 aromatic heterocycles. The van der Waals surface area contributed by atoms with Crippen LogP contribution in [-0.2, 0) is 16.0 Å². The van der Waals surface area contributed by atoms with Crippen LogP contribution in [0.25, 0.3) is 0 Å². The zero-order valence-corrected chi connectivity index (χ0v) is 20.2. The lowest BCUT2D eigenvalue weighted by Gasteiger charge is -2.16. The lowest BCUT2D eigenvalue weighted by Crippen LogP contribution is -2.32. The maximum Gasteiger partial charge on any atom is 0.283 e. The van der Waals surface area contributed by atoms with Crippen molar-refractivity contribution in [1.82, 2.24) is 0 Å². The predicted octanol–water partition coefficient (Wildman–Crippen LogP) is 6.42. The molecule has 3 aromatic carbocycles. The van der Waals surface area contributed by atoms with E-state index in [9.17, 15) is 9.59 Å². The molecule has 0 saturated carbocycles. The number of imide groups is 1. The lowest BCUT2D eigenvalue weighted by atomic mass is 10.1. The number of rotatable bonds is 10. The molecule has 3 aromatic rings. The van der Waals surface area contributed by atoms with Gasteiger partial charge in [-0.05, 0) is 73.9 Å². The first-order valence-electron chi connectivity index (χ1n) is 11.6. The standard InChI is InChI=1S/C28H28N2O3S/c1-3-5-9-20-12-16-22(17-13-20)30-27(31)25(29-21-14-18-23(19-15-21)33-4-2)26(28(30)32)34-24-10-7-6-8-11-24/h6-8,10-19,29H,3-5,9H2,1-2H3. The minimum atomic E-state index is -0.362. The van der Waals surface area contributed by atoms with Gasteiger partial charge in [0.2, 0.25) is 0 Å². The number of anilines is 2. The summed E-state index contributed by atoms with van der Waals surface area (Å²) in [6.07, 6.45) is 3.21. The second-order valence-electron chi connectivity index (χ2n) is 7.92. The average Bonchev–Trinajstić information content (AvgIpc) is 3.09. The fourth-order valence-electron chi connectivity index (χ4n) is 3.69. The molecule has 1 aliphatic rings. The van der Waals surface area contributed by atoms with Gasteiger partial charge in [-0.1, -0.05) is 55.4 Å². The fraction of sp³-hybridized carbons (Fsp3) is 0.214. The van der Waals surface area contributed by atoms with Crippen LogP contribution in [0.15, 0.2) is 94.4 Å². The minimum absolute atomic E-state index is 0.276. The molecule has 0 saturated heterocycles. The van der Waals surface area contributed by atoms with E-state index >= 15 is 0 Å². The van der Waals surface area contributed by atoms with Gasteiger partial charge in [0, 0.05) is 10.6 Å². The van der Waals surface area contributed by atoms with E-state index < -0.39 is 0 Å². The number of ether oxygens (including phenoxy) is 1. The van der Waals surface area contributed by atoms with Crippen molar-refractivity contribution < 1.29 is 14.3 Å². The number of thioether (sulfide) groups is 1. The maximum atomic E-state index is 13.5. The molecule has 0 atom stereocenters. The van der Waals surface area contributed by atoms with Gasteiger partial charge in [0.25, 0.3) is 11.8 Å². The number of aryl methyl sites for hydroxylation is 1. The van der Waals surface area contributed by atoms with E-state index in [-0.39, 0.29) is 17.5 Å². The van der Waals surface area contributed by atoms with Gasteiger partial charge in [0.1, 0.15) is 16.4 Å². The maximum absolute atomic E-state index is 13.5. The van der Waals surface area contributed by atoms with Crippen molar-refractivity contribution in [2.24, 2.45) is 0 Å². The molecule has 2 amide bonds. The van der Waals surface area contributed by atoms with Crippen molar-refractivity contribution in [3.8, 4) is 5.75 Å². The van der Waals surface area contributed by atoms with Crippen molar-refractivity contribution in [2.75, 3.05) is 16.8 Å². The Morgan fingerprint density at radius 3 is 2.21 bits per heavy atom. The van der Waals surface area contributed by atoms with Crippen LogP contribution in [0, 0.1) is 0 Å². The van der Waals surface area contributed by atoms with Crippen LogP contribution in [0.3, 0.4) is 0 Å². The van der Waals surface area contributed by atoms with Crippen LogP contribution >= 0.6 is 11.8 Å². The number of nitrogens with zero attached hydrogens (tertiary/aromatic N) is 1. The number of nitrogens with one attached hydrogen (secondary N) is 1. The first-order chi connectivity index (χ1) is 16.6. The van der Waals surface area contributed by atoms with Gasteiger partial charge in [-0.15, -0.1) is 0 Å². The molecule has 0 spiro atoms. The molecular weight excluding hydrogens is 444 g/mol. The molecule has 0 fully saturated rings. The summed E-state index contributed by atoms with van der Waals surface area (Å²) in [7, 11) is 0. The molecule has 34 heavy (non-hydrogen) atoms. The van der Waals surface area contributed by atoms with E-state index in [1.54, 1.807) is 0 Å². The molecule has 0 radical (unpaired) electrons. The normalized spacial score (nSPS) is 13.5. The summed E-state index contributed by atoms with van der Waals surface area (Å²) in [5.74, 6) is 0.0618. The Bertz CT molecular complexity index is 1170. The SMILES string of the molecule is CCCCc1ccc(N2C(=O)C(Nc3ccc(OCC)cc3)=C(Sc3ccccc3)C2=O)cc1. The van der Waals surface area contributed by atoms with Crippen LogP contribution in [0.2, 0.25) is 0 Å². The highest BCUT2D eigenvalue weighted by Gasteiger charge is 2.40. The van der Waals surface area contributed by atoms with E-state index in [0.29, 0.717) is 22.9 Å². The van der Waals surface area contributed by atoms with E-state index in [1.165, 1.54) is 22.2 Å². The summed E-state index contributed by atoms with van der Waals surface area (Å²) in [6.45, 7) is 4.67. The van der Waals surface area contributed by atoms with Gasteiger partial charge < -0.3 is 10.1 Å². The van der Waals surface area contributed by atoms with Crippen molar-refractivity contribution in [1.29, 1.82) is 0 Å². The Labute approximate surface area is 204 Å². The van der Waals surface area contributed by atoms with Crippen LogP contribution in [-0.4, -0.2) is 18.4 Å². The van der Waals surface area contributed by atoms with Gasteiger partial charge in [0.05, 0.1) is 12.3 Å². The van der Waals surface area contributed by atoms with Crippen LogP contribution in [0.4, 0.5) is 11.4 Å². The number of hydrogen-bond donors (Lipinski definition) is 1. The Kier molecular flexibility index (Phi) is 7.70. The first-order valence-corrected chi connectivity index (χ1v) is 12.4. The summed E-state index contributed by atoms with van der Waals surface area (Å²) < 4.78 is 5.50. The first kappa shape index (κ1) is 23.6. The summed E-state index contributed by atoms with van der Waals surface area (Å²) >= 11 is 1.29. The molecule has 1 heterocycles. The summed E-state index contributed by atoms with van der Waals surface area (Å²) in [5.41, 5.74) is 2.76. The molecule has 6 heteroatoms.